The SMILES string of the molecule is COc1cc(/C=C/C(=O)/C=C/C=C/c2cc(OC)c(O)c(OC)c2)ccc1O. The second kappa shape index (κ2) is 9.87. The number of phenols is 2. The van der Waals surface area contributed by atoms with Gasteiger partial charge in [0.2, 0.25) is 5.75 Å². The Labute approximate surface area is 163 Å². The zero-order valence-electron chi connectivity index (χ0n) is 15.9. The Morgan fingerprint density at radius 2 is 1.39 bits per heavy atom. The van der Waals surface area contributed by atoms with Crippen molar-refractivity contribution in [3.8, 4) is 28.7 Å². The van der Waals surface area contributed by atoms with E-state index >= 15 is 0 Å². The lowest BCUT2D eigenvalue weighted by Gasteiger charge is -2.09. The highest BCUT2D eigenvalue weighted by molar-refractivity contribution is 6.02. The number of ether oxygens (including phenoxy) is 3. The minimum Gasteiger partial charge on any atom is -0.504 e. The van der Waals surface area contributed by atoms with Crippen LogP contribution in [0.5, 0.6) is 28.7 Å². The molecule has 2 aromatic carbocycles. The maximum absolute atomic E-state index is 11.9. The Balaban J connectivity index is 2.03. The molecule has 0 aliphatic carbocycles. The molecule has 0 aliphatic rings. The third-order valence-corrected chi connectivity index (χ3v) is 3.81. The normalized spacial score (nSPS) is 11.4. The molecule has 2 rings (SSSR count). The minimum absolute atomic E-state index is 0.0403. The molecule has 0 spiro atoms. The third kappa shape index (κ3) is 5.41. The third-order valence-electron chi connectivity index (χ3n) is 3.81. The van der Waals surface area contributed by atoms with E-state index in [1.54, 1.807) is 48.6 Å². The van der Waals surface area contributed by atoms with Crippen molar-refractivity contribution in [1.82, 2.24) is 0 Å². The first-order chi connectivity index (χ1) is 13.5. The summed E-state index contributed by atoms with van der Waals surface area (Å²) in [6.45, 7) is 0. The number of carbonyl (C=O) groups excluding carboxylic acids is 1. The first kappa shape index (κ1) is 20.6. The Morgan fingerprint density at radius 1 is 0.786 bits per heavy atom. The van der Waals surface area contributed by atoms with Crippen LogP contribution in [0.3, 0.4) is 0 Å². The molecule has 0 aromatic heterocycles. The standard InChI is InChI=1S/C22H22O6/c1-26-19-12-15(9-11-18(19)24)8-10-17(23)7-5-4-6-16-13-20(27-2)22(25)21(14-16)28-3/h4-14,24-25H,1-3H3/b6-4+,7-5+,10-8+. The first-order valence-corrected chi connectivity index (χ1v) is 8.37. The van der Waals surface area contributed by atoms with Gasteiger partial charge in [0.1, 0.15) is 0 Å². The number of ketones is 1. The summed E-state index contributed by atoms with van der Waals surface area (Å²) in [6, 6.07) is 8.12. The van der Waals surface area contributed by atoms with Gasteiger partial charge in [0.05, 0.1) is 21.3 Å². The quantitative estimate of drug-likeness (QED) is 0.531. The van der Waals surface area contributed by atoms with Gasteiger partial charge in [0.25, 0.3) is 0 Å². The summed E-state index contributed by atoms with van der Waals surface area (Å²) in [5, 5.41) is 19.5. The van der Waals surface area contributed by atoms with Crippen molar-refractivity contribution in [2.24, 2.45) is 0 Å². The molecule has 0 saturated carbocycles. The molecule has 0 bridgehead atoms. The molecule has 0 radical (unpaired) electrons. The Bertz CT molecular complexity index is 900. The molecule has 6 nitrogen and oxygen atoms in total. The van der Waals surface area contributed by atoms with Crippen molar-refractivity contribution < 1.29 is 29.2 Å². The van der Waals surface area contributed by atoms with Crippen molar-refractivity contribution in [3.63, 3.8) is 0 Å². The predicted molar refractivity (Wildman–Crippen MR) is 108 cm³/mol. The molecule has 2 aromatic rings. The summed E-state index contributed by atoms with van der Waals surface area (Å²) >= 11 is 0. The van der Waals surface area contributed by atoms with E-state index in [9.17, 15) is 15.0 Å². The van der Waals surface area contributed by atoms with Crippen LogP contribution in [-0.2, 0) is 4.79 Å². The molecular formula is C22H22O6. The van der Waals surface area contributed by atoms with Crippen LogP contribution in [0.2, 0.25) is 0 Å². The molecule has 0 saturated heterocycles. The predicted octanol–water partition coefficient (Wildman–Crippen LogP) is 3.98. The van der Waals surface area contributed by atoms with Crippen LogP contribution < -0.4 is 14.2 Å². The molecule has 0 unspecified atom stereocenters. The summed E-state index contributed by atoms with van der Waals surface area (Å²) in [5.74, 6) is 0.713. The highest BCUT2D eigenvalue weighted by Gasteiger charge is 2.09. The fourth-order valence-electron chi connectivity index (χ4n) is 2.36. The van der Waals surface area contributed by atoms with Crippen LogP contribution >= 0.6 is 0 Å². The van der Waals surface area contributed by atoms with Gasteiger partial charge in [-0.3, -0.25) is 4.79 Å². The number of hydrogen-bond donors (Lipinski definition) is 2. The van der Waals surface area contributed by atoms with E-state index in [4.69, 9.17) is 14.2 Å². The van der Waals surface area contributed by atoms with Crippen LogP contribution in [0.25, 0.3) is 12.2 Å². The molecule has 146 valence electrons. The molecule has 0 amide bonds. The molecule has 6 heteroatoms. The topological polar surface area (TPSA) is 85.2 Å². The number of phenolic OH excluding ortho intramolecular Hbond substituents is 2. The fourth-order valence-corrected chi connectivity index (χ4v) is 2.36. The van der Waals surface area contributed by atoms with Gasteiger partial charge in [0.15, 0.2) is 28.8 Å². The van der Waals surface area contributed by atoms with Gasteiger partial charge in [-0.25, -0.2) is 0 Å². The Kier molecular flexibility index (Phi) is 7.28. The highest BCUT2D eigenvalue weighted by atomic mass is 16.5. The molecule has 28 heavy (non-hydrogen) atoms. The molecule has 0 aliphatic heterocycles. The molecule has 0 fully saturated rings. The Morgan fingerprint density at radius 3 is 2.00 bits per heavy atom. The summed E-state index contributed by atoms with van der Waals surface area (Å²) in [5.41, 5.74) is 1.48. The van der Waals surface area contributed by atoms with Crippen molar-refractivity contribution in [2.45, 2.75) is 0 Å². The van der Waals surface area contributed by atoms with Crippen molar-refractivity contribution >= 4 is 17.9 Å². The number of hydrogen-bond acceptors (Lipinski definition) is 6. The largest absolute Gasteiger partial charge is 0.504 e. The number of methoxy groups -OCH3 is 3. The van der Waals surface area contributed by atoms with E-state index in [-0.39, 0.29) is 17.3 Å². The lowest BCUT2D eigenvalue weighted by atomic mass is 10.1. The van der Waals surface area contributed by atoms with Gasteiger partial charge in [-0.15, -0.1) is 0 Å². The minimum atomic E-state index is -0.197. The molecule has 0 heterocycles. The average molecular weight is 382 g/mol. The monoisotopic (exact) mass is 382 g/mol. The van der Waals surface area contributed by atoms with Crippen LogP contribution in [0.15, 0.2) is 54.6 Å². The van der Waals surface area contributed by atoms with Crippen LogP contribution in [0.1, 0.15) is 11.1 Å². The number of carbonyl (C=O) groups is 1. The van der Waals surface area contributed by atoms with E-state index in [2.05, 4.69) is 0 Å². The Hall–Kier alpha value is -3.67. The smallest absolute Gasteiger partial charge is 0.200 e. The zero-order valence-corrected chi connectivity index (χ0v) is 15.9. The number of aromatic hydroxyl groups is 2. The van der Waals surface area contributed by atoms with Gasteiger partial charge in [-0.2, -0.15) is 0 Å². The fraction of sp³-hybridized carbons (Fsp3) is 0.136. The first-order valence-electron chi connectivity index (χ1n) is 8.37. The van der Waals surface area contributed by atoms with Crippen molar-refractivity contribution in [2.75, 3.05) is 21.3 Å². The lowest BCUT2D eigenvalue weighted by molar-refractivity contribution is -0.110. The average Bonchev–Trinajstić information content (AvgIpc) is 2.71. The van der Waals surface area contributed by atoms with Gasteiger partial charge in [-0.1, -0.05) is 30.4 Å². The van der Waals surface area contributed by atoms with E-state index < -0.39 is 0 Å². The maximum Gasteiger partial charge on any atom is 0.200 e. The molecular weight excluding hydrogens is 360 g/mol. The zero-order chi connectivity index (χ0) is 20.5. The van der Waals surface area contributed by atoms with Crippen LogP contribution in [-0.4, -0.2) is 37.3 Å². The van der Waals surface area contributed by atoms with E-state index in [0.29, 0.717) is 17.2 Å². The number of rotatable bonds is 8. The van der Waals surface area contributed by atoms with Gasteiger partial charge < -0.3 is 24.4 Å². The highest BCUT2D eigenvalue weighted by Crippen LogP contribution is 2.37. The van der Waals surface area contributed by atoms with Gasteiger partial charge in [-0.05, 0) is 47.5 Å². The number of allylic oxidation sites excluding steroid dienone is 4. The van der Waals surface area contributed by atoms with E-state index in [0.717, 1.165) is 11.1 Å². The maximum atomic E-state index is 11.9. The number of benzene rings is 2. The summed E-state index contributed by atoms with van der Waals surface area (Å²) in [4.78, 5) is 11.9. The summed E-state index contributed by atoms with van der Waals surface area (Å²) < 4.78 is 15.2. The summed E-state index contributed by atoms with van der Waals surface area (Å²) in [6.07, 6.45) is 9.52. The van der Waals surface area contributed by atoms with Crippen LogP contribution in [0, 0.1) is 0 Å². The summed E-state index contributed by atoms with van der Waals surface area (Å²) in [7, 11) is 4.37. The lowest BCUT2D eigenvalue weighted by Crippen LogP contribution is -1.90. The second-order valence-electron chi connectivity index (χ2n) is 5.66. The van der Waals surface area contributed by atoms with E-state index in [1.807, 2.05) is 0 Å². The molecule has 2 N–H and O–H groups in total. The second-order valence-corrected chi connectivity index (χ2v) is 5.66. The van der Waals surface area contributed by atoms with Gasteiger partial charge >= 0.3 is 0 Å². The van der Waals surface area contributed by atoms with E-state index in [1.165, 1.54) is 39.5 Å². The van der Waals surface area contributed by atoms with Crippen LogP contribution in [0.4, 0.5) is 0 Å². The van der Waals surface area contributed by atoms with Gasteiger partial charge in [0, 0.05) is 0 Å². The molecule has 0 atom stereocenters. The van der Waals surface area contributed by atoms with Crippen molar-refractivity contribution in [1.29, 1.82) is 0 Å². The van der Waals surface area contributed by atoms with Crippen molar-refractivity contribution in [3.05, 3.63) is 65.8 Å².